The van der Waals surface area contributed by atoms with Gasteiger partial charge in [-0.05, 0) is 13.8 Å². The van der Waals surface area contributed by atoms with Gasteiger partial charge < -0.3 is 9.88 Å². The van der Waals surface area contributed by atoms with E-state index in [1.165, 1.54) is 11.3 Å². The van der Waals surface area contributed by atoms with Gasteiger partial charge >= 0.3 is 4.87 Å². The first-order valence-electron chi connectivity index (χ1n) is 5.78. The number of hydrogen-bond donors (Lipinski definition) is 1. The van der Waals surface area contributed by atoms with Gasteiger partial charge in [0, 0.05) is 49.8 Å². The second-order valence-electron chi connectivity index (χ2n) is 4.38. The molecule has 1 aliphatic heterocycles. The van der Waals surface area contributed by atoms with Gasteiger partial charge in [-0.1, -0.05) is 11.3 Å². The number of piperazine rings is 1. The van der Waals surface area contributed by atoms with Crippen LogP contribution in [0.3, 0.4) is 0 Å². The van der Waals surface area contributed by atoms with Crippen LogP contribution in [0.2, 0.25) is 0 Å². The van der Waals surface area contributed by atoms with Gasteiger partial charge in [-0.25, -0.2) is 0 Å². The number of hydrogen-bond acceptors (Lipinski definition) is 4. The third kappa shape index (κ3) is 2.53. The van der Waals surface area contributed by atoms with Crippen molar-refractivity contribution in [2.24, 2.45) is 0 Å². The van der Waals surface area contributed by atoms with Gasteiger partial charge in [-0.15, -0.1) is 0 Å². The Kier molecular flexibility index (Phi) is 3.78. The van der Waals surface area contributed by atoms with E-state index in [0.717, 1.165) is 38.4 Å². The molecule has 5 heteroatoms. The zero-order chi connectivity index (χ0) is 11.5. The highest BCUT2D eigenvalue weighted by Crippen LogP contribution is 2.04. The van der Waals surface area contributed by atoms with Gasteiger partial charge in [-0.2, -0.15) is 0 Å². The third-order valence-corrected chi connectivity index (χ3v) is 4.11. The number of aromatic nitrogens is 1. The fraction of sp³-hybridized carbons (Fsp3) is 0.727. The normalized spacial score (nSPS) is 22.5. The van der Waals surface area contributed by atoms with Crippen LogP contribution >= 0.6 is 11.3 Å². The van der Waals surface area contributed by atoms with Crippen molar-refractivity contribution in [3.05, 3.63) is 20.7 Å². The molecule has 0 saturated carbocycles. The summed E-state index contributed by atoms with van der Waals surface area (Å²) >= 11 is 1.29. The minimum atomic E-state index is 0.167. The minimum Gasteiger partial charge on any atom is -0.314 e. The molecule has 1 atom stereocenters. The second-order valence-corrected chi connectivity index (χ2v) is 5.20. The smallest absolute Gasteiger partial charge is 0.307 e. The van der Waals surface area contributed by atoms with Crippen molar-refractivity contribution in [2.45, 2.75) is 26.4 Å². The highest BCUT2D eigenvalue weighted by molar-refractivity contribution is 7.07. The first kappa shape index (κ1) is 11.8. The Morgan fingerprint density at radius 1 is 1.56 bits per heavy atom. The number of thiazole rings is 1. The lowest BCUT2D eigenvalue weighted by Gasteiger charge is -2.33. The van der Waals surface area contributed by atoms with E-state index in [2.05, 4.69) is 17.1 Å². The van der Waals surface area contributed by atoms with Crippen molar-refractivity contribution >= 4 is 11.3 Å². The molecule has 4 nitrogen and oxygen atoms in total. The molecule has 1 saturated heterocycles. The van der Waals surface area contributed by atoms with Crippen molar-refractivity contribution in [3.8, 4) is 0 Å². The van der Waals surface area contributed by atoms with Crippen LogP contribution in [0.25, 0.3) is 0 Å². The molecule has 16 heavy (non-hydrogen) atoms. The van der Waals surface area contributed by atoms with E-state index in [4.69, 9.17) is 0 Å². The van der Waals surface area contributed by atoms with Gasteiger partial charge in [0.15, 0.2) is 0 Å². The van der Waals surface area contributed by atoms with Crippen LogP contribution in [0.5, 0.6) is 0 Å². The number of nitrogens with zero attached hydrogens (tertiary/aromatic N) is 2. The zero-order valence-corrected chi connectivity index (χ0v) is 10.7. The molecule has 2 rings (SSSR count). The summed E-state index contributed by atoms with van der Waals surface area (Å²) in [5.74, 6) is 0. The molecular weight excluding hydrogens is 222 g/mol. The van der Waals surface area contributed by atoms with Gasteiger partial charge in [0.1, 0.15) is 0 Å². The van der Waals surface area contributed by atoms with E-state index in [-0.39, 0.29) is 4.87 Å². The van der Waals surface area contributed by atoms with E-state index in [1.807, 2.05) is 16.9 Å². The third-order valence-electron chi connectivity index (χ3n) is 3.23. The molecular formula is C11H19N3OS. The predicted octanol–water partition coefficient (Wildman–Crippen LogP) is 0.512. The Morgan fingerprint density at radius 3 is 3.00 bits per heavy atom. The number of aryl methyl sites for hydroxylation is 1. The van der Waals surface area contributed by atoms with Crippen molar-refractivity contribution in [2.75, 3.05) is 26.2 Å². The molecule has 0 aromatic carbocycles. The van der Waals surface area contributed by atoms with Crippen LogP contribution in [-0.4, -0.2) is 41.7 Å². The Labute approximate surface area is 99.9 Å². The second kappa shape index (κ2) is 5.12. The zero-order valence-electron chi connectivity index (χ0n) is 9.90. The lowest BCUT2D eigenvalue weighted by molar-refractivity contribution is 0.167. The van der Waals surface area contributed by atoms with Gasteiger partial charge in [0.2, 0.25) is 0 Å². The minimum absolute atomic E-state index is 0.167. The predicted molar refractivity (Wildman–Crippen MR) is 67.2 cm³/mol. The molecule has 1 aliphatic rings. The summed E-state index contributed by atoms with van der Waals surface area (Å²) in [5, 5.41) is 5.31. The van der Waals surface area contributed by atoms with Crippen LogP contribution in [0, 0.1) is 6.92 Å². The average Bonchev–Trinajstić information content (AvgIpc) is 2.58. The molecule has 0 unspecified atom stereocenters. The van der Waals surface area contributed by atoms with Gasteiger partial charge in [0.25, 0.3) is 0 Å². The van der Waals surface area contributed by atoms with E-state index in [0.29, 0.717) is 6.04 Å². The lowest BCUT2D eigenvalue weighted by Crippen LogP contribution is -2.50. The Balaban J connectivity index is 1.94. The van der Waals surface area contributed by atoms with Gasteiger partial charge in [0.05, 0.1) is 0 Å². The van der Waals surface area contributed by atoms with Crippen LogP contribution in [0.4, 0.5) is 0 Å². The molecule has 0 spiro atoms. The molecule has 0 amide bonds. The van der Waals surface area contributed by atoms with Crippen LogP contribution in [0.15, 0.2) is 10.2 Å². The standard InChI is InChI=1S/C11H19N3OS/c1-9-7-12-3-4-13(9)5-6-14-10(2)8-16-11(14)15/h8-9,12H,3-7H2,1-2H3/t9-/m0/s1. The molecule has 1 N–H and O–H groups in total. The van der Waals surface area contributed by atoms with E-state index < -0.39 is 0 Å². The fourth-order valence-electron chi connectivity index (χ4n) is 2.12. The summed E-state index contributed by atoms with van der Waals surface area (Å²) < 4.78 is 1.87. The summed E-state index contributed by atoms with van der Waals surface area (Å²) in [6.45, 7) is 9.21. The van der Waals surface area contributed by atoms with Crippen molar-refractivity contribution in [3.63, 3.8) is 0 Å². The molecule has 1 aromatic heterocycles. The summed E-state index contributed by atoms with van der Waals surface area (Å²) in [6.07, 6.45) is 0. The first-order chi connectivity index (χ1) is 7.68. The SMILES string of the molecule is Cc1csc(=O)n1CCN1CCNC[C@@H]1C. The van der Waals surface area contributed by atoms with Crippen molar-refractivity contribution in [1.82, 2.24) is 14.8 Å². The lowest BCUT2D eigenvalue weighted by atomic mass is 10.2. The van der Waals surface area contributed by atoms with Crippen molar-refractivity contribution in [1.29, 1.82) is 0 Å². The fourth-order valence-corrected chi connectivity index (χ4v) is 2.88. The highest BCUT2D eigenvalue weighted by atomic mass is 32.1. The van der Waals surface area contributed by atoms with Crippen LogP contribution < -0.4 is 10.2 Å². The Morgan fingerprint density at radius 2 is 2.38 bits per heavy atom. The molecule has 0 aliphatic carbocycles. The Bertz CT molecular complexity index is 398. The number of nitrogens with one attached hydrogen (secondary N) is 1. The van der Waals surface area contributed by atoms with Crippen LogP contribution in [0.1, 0.15) is 12.6 Å². The van der Waals surface area contributed by atoms with E-state index in [1.54, 1.807) is 0 Å². The first-order valence-corrected chi connectivity index (χ1v) is 6.66. The summed E-state index contributed by atoms with van der Waals surface area (Å²) in [4.78, 5) is 14.2. The monoisotopic (exact) mass is 241 g/mol. The van der Waals surface area contributed by atoms with E-state index >= 15 is 0 Å². The summed E-state index contributed by atoms with van der Waals surface area (Å²) in [6, 6.07) is 0.573. The molecule has 0 bridgehead atoms. The summed E-state index contributed by atoms with van der Waals surface area (Å²) in [5.41, 5.74) is 1.08. The molecule has 0 radical (unpaired) electrons. The topological polar surface area (TPSA) is 37.3 Å². The van der Waals surface area contributed by atoms with Gasteiger partial charge in [-0.3, -0.25) is 9.69 Å². The number of rotatable bonds is 3. The molecule has 90 valence electrons. The van der Waals surface area contributed by atoms with E-state index in [9.17, 15) is 4.79 Å². The quantitative estimate of drug-likeness (QED) is 0.838. The largest absolute Gasteiger partial charge is 0.314 e. The Hall–Kier alpha value is -0.650. The average molecular weight is 241 g/mol. The molecule has 1 fully saturated rings. The maximum Gasteiger partial charge on any atom is 0.307 e. The maximum atomic E-state index is 11.5. The summed E-state index contributed by atoms with van der Waals surface area (Å²) in [7, 11) is 0. The molecule has 2 heterocycles. The maximum absolute atomic E-state index is 11.5. The van der Waals surface area contributed by atoms with Crippen molar-refractivity contribution < 1.29 is 0 Å². The van der Waals surface area contributed by atoms with Crippen LogP contribution in [-0.2, 0) is 6.54 Å². The highest BCUT2D eigenvalue weighted by Gasteiger charge is 2.17. The molecule has 1 aromatic rings.